The quantitative estimate of drug-likeness (QED) is 0.600. The first kappa shape index (κ1) is 16.4. The van der Waals surface area contributed by atoms with Crippen molar-refractivity contribution in [3.8, 4) is 23.0 Å². The van der Waals surface area contributed by atoms with E-state index < -0.39 is 0 Å². The zero-order valence-corrected chi connectivity index (χ0v) is 12.5. The SMILES string of the molecule is COc1cc(C=O)ccc1OCC(=O)Cc1ccc(O)c(O)c1. The van der Waals surface area contributed by atoms with Gasteiger partial charge in [-0.25, -0.2) is 0 Å². The van der Waals surface area contributed by atoms with Crippen LogP contribution in [0.4, 0.5) is 0 Å². The number of phenolic OH excluding ortho intramolecular Hbond substituents is 2. The summed E-state index contributed by atoms with van der Waals surface area (Å²) >= 11 is 0. The van der Waals surface area contributed by atoms with Crippen LogP contribution in [-0.2, 0) is 11.2 Å². The van der Waals surface area contributed by atoms with E-state index in [2.05, 4.69) is 0 Å². The number of phenols is 2. The van der Waals surface area contributed by atoms with Gasteiger partial charge < -0.3 is 19.7 Å². The van der Waals surface area contributed by atoms with Crippen LogP contribution in [0, 0.1) is 0 Å². The highest BCUT2D eigenvalue weighted by Crippen LogP contribution is 2.28. The summed E-state index contributed by atoms with van der Waals surface area (Å²) in [5.41, 5.74) is 1.01. The fourth-order valence-electron chi connectivity index (χ4n) is 1.99. The number of rotatable bonds is 7. The van der Waals surface area contributed by atoms with Crippen LogP contribution >= 0.6 is 0 Å². The largest absolute Gasteiger partial charge is 0.504 e. The second-order valence-corrected chi connectivity index (χ2v) is 4.86. The number of aldehydes is 1. The summed E-state index contributed by atoms with van der Waals surface area (Å²) in [4.78, 5) is 22.7. The molecule has 0 unspecified atom stereocenters. The molecule has 0 aliphatic carbocycles. The summed E-state index contributed by atoms with van der Waals surface area (Å²) in [5.74, 6) is 0.00100. The zero-order chi connectivity index (χ0) is 16.8. The van der Waals surface area contributed by atoms with Crippen LogP contribution in [0.15, 0.2) is 36.4 Å². The van der Waals surface area contributed by atoms with Gasteiger partial charge in [-0.1, -0.05) is 6.07 Å². The molecule has 0 saturated carbocycles. The van der Waals surface area contributed by atoms with Gasteiger partial charge in [-0.3, -0.25) is 9.59 Å². The lowest BCUT2D eigenvalue weighted by molar-refractivity contribution is -0.120. The average Bonchev–Trinajstić information content (AvgIpc) is 2.56. The molecular formula is C17H16O6. The molecule has 0 atom stereocenters. The molecule has 2 aromatic rings. The van der Waals surface area contributed by atoms with E-state index in [1.54, 1.807) is 18.2 Å². The molecule has 0 fully saturated rings. The number of methoxy groups -OCH3 is 1. The van der Waals surface area contributed by atoms with Gasteiger partial charge in [0.25, 0.3) is 0 Å². The first-order valence-corrected chi connectivity index (χ1v) is 6.82. The molecule has 2 rings (SSSR count). The normalized spacial score (nSPS) is 10.1. The van der Waals surface area contributed by atoms with Gasteiger partial charge in [-0.2, -0.15) is 0 Å². The summed E-state index contributed by atoms with van der Waals surface area (Å²) < 4.78 is 10.5. The maximum absolute atomic E-state index is 11.9. The van der Waals surface area contributed by atoms with Crippen LogP contribution in [-0.4, -0.2) is 36.0 Å². The number of carbonyl (C=O) groups is 2. The molecule has 0 aliphatic heterocycles. The Kier molecular flexibility index (Phi) is 5.19. The van der Waals surface area contributed by atoms with E-state index in [0.717, 1.165) is 0 Å². The molecule has 6 heteroatoms. The van der Waals surface area contributed by atoms with Gasteiger partial charge in [0.1, 0.15) is 12.9 Å². The lowest BCUT2D eigenvalue weighted by atomic mass is 10.1. The molecule has 6 nitrogen and oxygen atoms in total. The van der Waals surface area contributed by atoms with E-state index in [1.165, 1.54) is 25.3 Å². The van der Waals surface area contributed by atoms with Gasteiger partial charge in [0, 0.05) is 12.0 Å². The third-order valence-corrected chi connectivity index (χ3v) is 3.15. The van der Waals surface area contributed by atoms with Crippen LogP contribution in [0.3, 0.4) is 0 Å². The summed E-state index contributed by atoms with van der Waals surface area (Å²) in [5, 5.41) is 18.6. The number of benzene rings is 2. The Morgan fingerprint density at radius 3 is 2.52 bits per heavy atom. The van der Waals surface area contributed by atoms with Crippen molar-refractivity contribution >= 4 is 12.1 Å². The molecule has 0 aromatic heterocycles. The third kappa shape index (κ3) is 4.23. The highest BCUT2D eigenvalue weighted by molar-refractivity contribution is 5.82. The van der Waals surface area contributed by atoms with Crippen molar-refractivity contribution in [1.29, 1.82) is 0 Å². The van der Waals surface area contributed by atoms with Gasteiger partial charge in [0.05, 0.1) is 7.11 Å². The number of hydrogen-bond acceptors (Lipinski definition) is 6. The van der Waals surface area contributed by atoms with Crippen molar-refractivity contribution in [2.45, 2.75) is 6.42 Å². The smallest absolute Gasteiger partial charge is 0.174 e. The maximum Gasteiger partial charge on any atom is 0.174 e. The van der Waals surface area contributed by atoms with Gasteiger partial charge in [-0.05, 0) is 35.9 Å². The number of Topliss-reactive ketones (excluding diaryl/α,β-unsaturated/α-hetero) is 1. The van der Waals surface area contributed by atoms with Crippen molar-refractivity contribution in [3.05, 3.63) is 47.5 Å². The Bertz CT molecular complexity index is 723. The molecular weight excluding hydrogens is 300 g/mol. The molecule has 2 aromatic carbocycles. The molecule has 120 valence electrons. The molecule has 0 aliphatic rings. The second-order valence-electron chi connectivity index (χ2n) is 4.86. The van der Waals surface area contributed by atoms with Crippen LogP contribution in [0.2, 0.25) is 0 Å². The Morgan fingerprint density at radius 1 is 1.09 bits per heavy atom. The topological polar surface area (TPSA) is 93.1 Å². The standard InChI is InChI=1S/C17H16O6/c1-22-17-8-12(9-18)3-5-16(17)23-10-13(19)6-11-2-4-14(20)15(21)7-11/h2-5,7-9,20-21H,6,10H2,1H3. The van der Waals surface area contributed by atoms with Crippen LogP contribution < -0.4 is 9.47 Å². The monoisotopic (exact) mass is 316 g/mol. The molecule has 0 radical (unpaired) electrons. The van der Waals surface area contributed by atoms with Gasteiger partial charge in [-0.15, -0.1) is 0 Å². The van der Waals surface area contributed by atoms with Crippen LogP contribution in [0.5, 0.6) is 23.0 Å². The maximum atomic E-state index is 11.9. The predicted octanol–water partition coefficient (Wildman–Crippen LogP) is 2.11. The minimum atomic E-state index is -0.276. The van der Waals surface area contributed by atoms with E-state index in [4.69, 9.17) is 9.47 Å². The van der Waals surface area contributed by atoms with Gasteiger partial charge >= 0.3 is 0 Å². The number of ether oxygens (including phenoxy) is 2. The van der Waals surface area contributed by atoms with Crippen molar-refractivity contribution in [3.63, 3.8) is 0 Å². The Labute approximate surface area is 132 Å². The highest BCUT2D eigenvalue weighted by atomic mass is 16.5. The van der Waals surface area contributed by atoms with Crippen LogP contribution in [0.25, 0.3) is 0 Å². The minimum Gasteiger partial charge on any atom is -0.504 e. The van der Waals surface area contributed by atoms with E-state index in [-0.39, 0.29) is 30.3 Å². The number of aromatic hydroxyl groups is 2. The zero-order valence-electron chi connectivity index (χ0n) is 12.5. The van der Waals surface area contributed by atoms with E-state index in [1.807, 2.05) is 0 Å². The van der Waals surface area contributed by atoms with Crippen molar-refractivity contribution in [2.24, 2.45) is 0 Å². The molecule has 0 spiro atoms. The number of ketones is 1. The number of carbonyl (C=O) groups excluding carboxylic acids is 2. The van der Waals surface area contributed by atoms with E-state index >= 15 is 0 Å². The molecule has 2 N–H and O–H groups in total. The summed E-state index contributed by atoms with van der Waals surface area (Å²) in [6.45, 7) is -0.182. The second kappa shape index (κ2) is 7.31. The Morgan fingerprint density at radius 2 is 1.87 bits per heavy atom. The lowest BCUT2D eigenvalue weighted by Gasteiger charge is -2.10. The van der Waals surface area contributed by atoms with Crippen molar-refractivity contribution < 1.29 is 29.3 Å². The fourth-order valence-corrected chi connectivity index (χ4v) is 1.99. The third-order valence-electron chi connectivity index (χ3n) is 3.15. The molecule has 0 amide bonds. The first-order chi connectivity index (χ1) is 11.0. The van der Waals surface area contributed by atoms with Crippen molar-refractivity contribution in [1.82, 2.24) is 0 Å². The van der Waals surface area contributed by atoms with Gasteiger partial charge in [0.15, 0.2) is 28.8 Å². The average molecular weight is 316 g/mol. The van der Waals surface area contributed by atoms with E-state index in [9.17, 15) is 19.8 Å². The molecule has 0 saturated heterocycles. The summed E-state index contributed by atoms with van der Waals surface area (Å²) in [6, 6.07) is 8.83. The van der Waals surface area contributed by atoms with Crippen LogP contribution in [0.1, 0.15) is 15.9 Å². The first-order valence-electron chi connectivity index (χ1n) is 6.82. The molecule has 0 heterocycles. The number of hydrogen-bond donors (Lipinski definition) is 2. The van der Waals surface area contributed by atoms with Crippen molar-refractivity contribution in [2.75, 3.05) is 13.7 Å². The van der Waals surface area contributed by atoms with E-state index in [0.29, 0.717) is 28.9 Å². The van der Waals surface area contributed by atoms with Gasteiger partial charge in [0.2, 0.25) is 0 Å². The minimum absolute atomic E-state index is 0.0581. The fraction of sp³-hybridized carbons (Fsp3) is 0.176. The Hall–Kier alpha value is -3.02. The summed E-state index contributed by atoms with van der Waals surface area (Å²) in [6.07, 6.45) is 0.747. The summed E-state index contributed by atoms with van der Waals surface area (Å²) in [7, 11) is 1.44. The highest BCUT2D eigenvalue weighted by Gasteiger charge is 2.10. The predicted molar refractivity (Wildman–Crippen MR) is 82.4 cm³/mol. The Balaban J connectivity index is 1.98. The molecule has 0 bridgehead atoms. The molecule has 23 heavy (non-hydrogen) atoms. The lowest BCUT2D eigenvalue weighted by Crippen LogP contribution is -2.14.